The molecule has 1 aromatic carbocycles. The second-order valence-electron chi connectivity index (χ2n) is 4.96. The molecule has 0 atom stereocenters. The maximum Gasteiger partial charge on any atom is 0.292 e. The smallest absolute Gasteiger partial charge is 0.292 e. The highest BCUT2D eigenvalue weighted by Crippen LogP contribution is 2.27. The van der Waals surface area contributed by atoms with Crippen LogP contribution in [0.1, 0.15) is 21.8 Å². The Morgan fingerprint density at radius 1 is 1.23 bits per heavy atom. The molecule has 0 aliphatic carbocycles. The Hall–Kier alpha value is -2.66. The molecule has 2 heterocycles. The van der Waals surface area contributed by atoms with Crippen LogP contribution in [0.15, 0.2) is 46.9 Å². The summed E-state index contributed by atoms with van der Waals surface area (Å²) >= 11 is 0. The lowest BCUT2D eigenvalue weighted by atomic mass is 10.1. The molecule has 0 saturated carbocycles. The van der Waals surface area contributed by atoms with Gasteiger partial charge in [-0.1, -0.05) is 24.3 Å². The second kappa shape index (κ2) is 5.99. The van der Waals surface area contributed by atoms with Crippen molar-refractivity contribution < 1.29 is 13.9 Å². The third-order valence-electron chi connectivity index (χ3n) is 3.32. The van der Waals surface area contributed by atoms with E-state index in [9.17, 15) is 4.79 Å². The quantitative estimate of drug-likeness (QED) is 0.800. The summed E-state index contributed by atoms with van der Waals surface area (Å²) in [5.74, 6) is 0.418. The maximum atomic E-state index is 12.5. The number of rotatable bonds is 4. The number of hydrogen-bond acceptors (Lipinski definition) is 4. The molecule has 0 aliphatic rings. The van der Waals surface area contributed by atoms with Crippen LogP contribution in [-0.2, 0) is 11.3 Å². The minimum atomic E-state index is -0.332. The molecule has 0 bridgehead atoms. The van der Waals surface area contributed by atoms with Crippen LogP contribution in [0.4, 0.5) is 5.82 Å². The minimum absolute atomic E-state index is 0.256. The van der Waals surface area contributed by atoms with Crippen LogP contribution in [0, 0.1) is 6.92 Å². The molecule has 1 amide bonds. The zero-order valence-electron chi connectivity index (χ0n) is 12.4. The number of para-hydroxylation sites is 1. The highest BCUT2D eigenvalue weighted by molar-refractivity contribution is 6.06. The molecule has 3 rings (SSSR count). The Morgan fingerprint density at radius 2 is 2.05 bits per heavy atom. The van der Waals surface area contributed by atoms with Gasteiger partial charge in [-0.05, 0) is 25.1 Å². The summed E-state index contributed by atoms with van der Waals surface area (Å²) in [7, 11) is 1.59. The van der Waals surface area contributed by atoms with E-state index in [1.807, 2.05) is 43.3 Å². The molecular weight excluding hydrogens is 280 g/mol. The summed E-state index contributed by atoms with van der Waals surface area (Å²) < 4.78 is 10.9. The van der Waals surface area contributed by atoms with Crippen molar-refractivity contribution in [2.75, 3.05) is 12.4 Å². The van der Waals surface area contributed by atoms with Crippen molar-refractivity contribution in [3.63, 3.8) is 0 Å². The van der Waals surface area contributed by atoms with Crippen LogP contribution in [0.3, 0.4) is 0 Å². The van der Waals surface area contributed by atoms with E-state index in [1.165, 1.54) is 0 Å². The molecule has 22 heavy (non-hydrogen) atoms. The van der Waals surface area contributed by atoms with Crippen molar-refractivity contribution >= 4 is 22.7 Å². The van der Waals surface area contributed by atoms with Gasteiger partial charge in [0.2, 0.25) is 0 Å². The number of ether oxygens (including phenoxy) is 1. The van der Waals surface area contributed by atoms with Gasteiger partial charge in [-0.25, -0.2) is 4.98 Å². The lowest BCUT2D eigenvalue weighted by molar-refractivity contribution is 0.0991. The lowest BCUT2D eigenvalue weighted by Gasteiger charge is -2.05. The number of aromatic nitrogens is 1. The number of hydrogen-bond donors (Lipinski definition) is 1. The number of aryl methyl sites for hydroxylation is 1. The Balaban J connectivity index is 1.98. The van der Waals surface area contributed by atoms with E-state index < -0.39 is 0 Å². The van der Waals surface area contributed by atoms with E-state index >= 15 is 0 Å². The molecule has 0 fully saturated rings. The molecule has 0 saturated heterocycles. The van der Waals surface area contributed by atoms with Gasteiger partial charge >= 0.3 is 0 Å². The molecule has 0 aliphatic heterocycles. The molecule has 3 aromatic rings. The number of furan rings is 1. The number of pyridine rings is 1. The number of amides is 1. The fourth-order valence-corrected chi connectivity index (χ4v) is 2.36. The van der Waals surface area contributed by atoms with Crippen molar-refractivity contribution in [3.05, 3.63) is 59.5 Å². The van der Waals surface area contributed by atoms with Crippen molar-refractivity contribution in [2.24, 2.45) is 0 Å². The molecule has 5 heteroatoms. The van der Waals surface area contributed by atoms with Crippen LogP contribution < -0.4 is 5.32 Å². The first-order chi connectivity index (χ1) is 10.7. The minimum Gasteiger partial charge on any atom is -0.451 e. The number of benzene rings is 1. The molecule has 5 nitrogen and oxygen atoms in total. The average molecular weight is 296 g/mol. The van der Waals surface area contributed by atoms with E-state index in [4.69, 9.17) is 9.15 Å². The van der Waals surface area contributed by atoms with Gasteiger partial charge in [-0.3, -0.25) is 4.79 Å². The maximum absolute atomic E-state index is 12.5. The zero-order chi connectivity index (χ0) is 15.5. The van der Waals surface area contributed by atoms with Gasteiger partial charge in [0.05, 0.1) is 6.61 Å². The number of carbonyl (C=O) groups excluding carboxylic acids is 1. The predicted octanol–water partition coefficient (Wildman–Crippen LogP) is 3.53. The first-order valence-corrected chi connectivity index (χ1v) is 6.93. The summed E-state index contributed by atoms with van der Waals surface area (Å²) in [5.41, 5.74) is 2.24. The highest BCUT2D eigenvalue weighted by atomic mass is 16.5. The van der Waals surface area contributed by atoms with Crippen LogP contribution in [-0.4, -0.2) is 18.0 Å². The van der Waals surface area contributed by atoms with Crippen LogP contribution in [0.2, 0.25) is 0 Å². The monoisotopic (exact) mass is 296 g/mol. The van der Waals surface area contributed by atoms with Crippen molar-refractivity contribution in [1.82, 2.24) is 4.98 Å². The zero-order valence-corrected chi connectivity index (χ0v) is 12.4. The number of nitrogens with zero attached hydrogens (tertiary/aromatic N) is 1. The Morgan fingerprint density at radius 3 is 2.82 bits per heavy atom. The van der Waals surface area contributed by atoms with E-state index in [0.717, 1.165) is 16.6 Å². The standard InChI is InChI=1S/C17H16N2O3/c1-11-6-5-9-15(18-11)19-17(20)16-13(10-21-2)12-7-3-4-8-14(12)22-16/h3-9H,10H2,1-2H3,(H,18,19,20). The van der Waals surface area contributed by atoms with Crippen molar-refractivity contribution in [3.8, 4) is 0 Å². The Kier molecular flexibility index (Phi) is 3.89. The van der Waals surface area contributed by atoms with E-state index in [2.05, 4.69) is 10.3 Å². The fraction of sp³-hybridized carbons (Fsp3) is 0.176. The summed E-state index contributed by atoms with van der Waals surface area (Å²) in [5, 5.41) is 3.64. The number of carbonyl (C=O) groups is 1. The van der Waals surface area contributed by atoms with Gasteiger partial charge in [-0.2, -0.15) is 0 Å². The first kappa shape index (κ1) is 14.3. The summed E-state index contributed by atoms with van der Waals surface area (Å²) in [6, 6.07) is 13.0. The molecule has 2 aromatic heterocycles. The number of fused-ring (bicyclic) bond motifs is 1. The highest BCUT2D eigenvalue weighted by Gasteiger charge is 2.20. The molecule has 112 valence electrons. The molecule has 0 radical (unpaired) electrons. The van der Waals surface area contributed by atoms with E-state index in [0.29, 0.717) is 18.0 Å². The average Bonchev–Trinajstić information content (AvgIpc) is 2.87. The fourth-order valence-electron chi connectivity index (χ4n) is 2.36. The Bertz CT molecular complexity index is 824. The van der Waals surface area contributed by atoms with E-state index in [1.54, 1.807) is 13.2 Å². The van der Waals surface area contributed by atoms with Gasteiger partial charge < -0.3 is 14.5 Å². The molecule has 0 spiro atoms. The van der Waals surface area contributed by atoms with Gasteiger partial charge in [0.1, 0.15) is 11.4 Å². The lowest BCUT2D eigenvalue weighted by Crippen LogP contribution is -2.14. The third kappa shape index (κ3) is 2.71. The topological polar surface area (TPSA) is 64.4 Å². The van der Waals surface area contributed by atoms with E-state index in [-0.39, 0.29) is 11.7 Å². The normalized spacial score (nSPS) is 10.8. The van der Waals surface area contributed by atoms with Gasteiger partial charge in [0.25, 0.3) is 5.91 Å². The molecule has 0 unspecified atom stereocenters. The first-order valence-electron chi connectivity index (χ1n) is 6.93. The summed E-state index contributed by atoms with van der Waals surface area (Å²) in [6.45, 7) is 2.17. The van der Waals surface area contributed by atoms with Crippen LogP contribution in [0.25, 0.3) is 11.0 Å². The number of nitrogens with one attached hydrogen (secondary N) is 1. The van der Waals surface area contributed by atoms with Gasteiger partial charge in [0.15, 0.2) is 5.76 Å². The second-order valence-corrected chi connectivity index (χ2v) is 4.96. The largest absolute Gasteiger partial charge is 0.451 e. The number of methoxy groups -OCH3 is 1. The third-order valence-corrected chi connectivity index (χ3v) is 3.32. The number of anilines is 1. The summed E-state index contributed by atoms with van der Waals surface area (Å²) in [6.07, 6.45) is 0. The van der Waals surface area contributed by atoms with Crippen LogP contribution >= 0.6 is 0 Å². The predicted molar refractivity (Wildman–Crippen MR) is 83.9 cm³/mol. The SMILES string of the molecule is COCc1c(C(=O)Nc2cccc(C)n2)oc2ccccc12. The van der Waals surface area contributed by atoms with Gasteiger partial charge in [-0.15, -0.1) is 0 Å². The molecule has 1 N–H and O–H groups in total. The summed E-state index contributed by atoms with van der Waals surface area (Å²) in [4.78, 5) is 16.8. The molecular formula is C17H16N2O3. The Labute approximate surface area is 127 Å². The van der Waals surface area contributed by atoms with Crippen molar-refractivity contribution in [2.45, 2.75) is 13.5 Å². The van der Waals surface area contributed by atoms with Gasteiger partial charge in [0, 0.05) is 23.8 Å². The van der Waals surface area contributed by atoms with Crippen molar-refractivity contribution in [1.29, 1.82) is 0 Å². The van der Waals surface area contributed by atoms with Crippen LogP contribution in [0.5, 0.6) is 0 Å².